The molecule has 112 valence electrons. The zero-order chi connectivity index (χ0) is 15.0. The Kier molecular flexibility index (Phi) is 7.22. The molecule has 0 saturated carbocycles. The number of carbonyl (C=O) groups excluding carboxylic acids is 2. The first-order valence-electron chi connectivity index (χ1n) is 7.06. The van der Waals surface area contributed by atoms with Crippen LogP contribution < -0.4 is 5.32 Å². The van der Waals surface area contributed by atoms with Crippen molar-refractivity contribution < 1.29 is 9.59 Å². The Morgan fingerprint density at radius 3 is 2.65 bits per heavy atom. The maximum Gasteiger partial charge on any atom is 0.245 e. The number of aryl methyl sites for hydroxylation is 1. The van der Waals surface area contributed by atoms with Gasteiger partial charge in [0, 0.05) is 18.3 Å². The monoisotopic (exact) mass is 297 g/mol. The Bertz CT molecular complexity index is 445. The lowest BCUT2D eigenvalue weighted by Gasteiger charge is -2.20. The highest BCUT2D eigenvalue weighted by Crippen LogP contribution is 2.14. The summed E-state index contributed by atoms with van der Waals surface area (Å²) < 4.78 is 0. The SMILES string of the molecule is CCCCCC(=O)N(CC)CC(=O)Nc1nc(C)cs1. The fourth-order valence-corrected chi connectivity index (χ4v) is 2.51. The predicted molar refractivity (Wildman–Crippen MR) is 81.9 cm³/mol. The molecule has 6 heteroatoms. The first-order chi connectivity index (χ1) is 9.56. The summed E-state index contributed by atoms with van der Waals surface area (Å²) in [6.07, 6.45) is 3.54. The number of aromatic nitrogens is 1. The lowest BCUT2D eigenvalue weighted by atomic mass is 10.2. The molecule has 2 amide bonds. The Balaban J connectivity index is 2.42. The number of hydrogen-bond donors (Lipinski definition) is 1. The number of nitrogens with one attached hydrogen (secondary N) is 1. The van der Waals surface area contributed by atoms with Crippen molar-refractivity contribution in [2.75, 3.05) is 18.4 Å². The molecule has 1 rings (SSSR count). The first kappa shape index (κ1) is 16.6. The van der Waals surface area contributed by atoms with Crippen LogP contribution in [0.3, 0.4) is 0 Å². The average Bonchev–Trinajstić information content (AvgIpc) is 2.81. The normalized spacial score (nSPS) is 10.3. The van der Waals surface area contributed by atoms with E-state index < -0.39 is 0 Å². The highest BCUT2D eigenvalue weighted by atomic mass is 32.1. The lowest BCUT2D eigenvalue weighted by Crippen LogP contribution is -2.37. The minimum atomic E-state index is -0.190. The topological polar surface area (TPSA) is 62.3 Å². The third-order valence-electron chi connectivity index (χ3n) is 2.93. The fourth-order valence-electron chi connectivity index (χ4n) is 1.80. The van der Waals surface area contributed by atoms with Crippen LogP contribution in [-0.4, -0.2) is 34.8 Å². The first-order valence-corrected chi connectivity index (χ1v) is 7.94. The fraction of sp³-hybridized carbons (Fsp3) is 0.643. The zero-order valence-corrected chi connectivity index (χ0v) is 13.3. The molecule has 0 unspecified atom stereocenters. The van der Waals surface area contributed by atoms with Crippen molar-refractivity contribution in [2.45, 2.75) is 46.5 Å². The molecule has 0 fully saturated rings. The average molecular weight is 297 g/mol. The number of unbranched alkanes of at least 4 members (excludes halogenated alkanes) is 2. The molecule has 0 radical (unpaired) electrons. The van der Waals surface area contributed by atoms with Gasteiger partial charge in [0.25, 0.3) is 0 Å². The zero-order valence-electron chi connectivity index (χ0n) is 12.4. The third kappa shape index (κ3) is 5.69. The molecule has 1 heterocycles. The summed E-state index contributed by atoms with van der Waals surface area (Å²) in [7, 11) is 0. The van der Waals surface area contributed by atoms with E-state index in [2.05, 4.69) is 17.2 Å². The smallest absolute Gasteiger partial charge is 0.245 e. The van der Waals surface area contributed by atoms with E-state index in [9.17, 15) is 9.59 Å². The van der Waals surface area contributed by atoms with Gasteiger partial charge in [0.15, 0.2) is 5.13 Å². The molecule has 0 saturated heterocycles. The molecule has 0 aliphatic rings. The predicted octanol–water partition coefficient (Wildman–Crippen LogP) is 2.82. The standard InChI is InChI=1S/C14H23N3O2S/c1-4-6-7-8-13(19)17(5-2)9-12(18)16-14-15-11(3)10-20-14/h10H,4-9H2,1-3H3,(H,15,16,18). The Hall–Kier alpha value is -1.43. The van der Waals surface area contributed by atoms with Crippen LogP contribution in [-0.2, 0) is 9.59 Å². The summed E-state index contributed by atoms with van der Waals surface area (Å²) in [5.41, 5.74) is 0.883. The number of amides is 2. The van der Waals surface area contributed by atoms with Crippen molar-refractivity contribution in [2.24, 2.45) is 0 Å². The molecular formula is C14H23N3O2S. The molecule has 0 aromatic carbocycles. The summed E-state index contributed by atoms with van der Waals surface area (Å²) >= 11 is 1.39. The second-order valence-electron chi connectivity index (χ2n) is 4.71. The van der Waals surface area contributed by atoms with Crippen molar-refractivity contribution in [3.63, 3.8) is 0 Å². The van der Waals surface area contributed by atoms with E-state index in [0.29, 0.717) is 18.1 Å². The van der Waals surface area contributed by atoms with Crippen LogP contribution in [0.25, 0.3) is 0 Å². The molecule has 5 nitrogen and oxygen atoms in total. The van der Waals surface area contributed by atoms with Crippen molar-refractivity contribution in [1.82, 2.24) is 9.88 Å². The summed E-state index contributed by atoms with van der Waals surface area (Å²) in [5.74, 6) is -0.142. The lowest BCUT2D eigenvalue weighted by molar-refractivity contribution is -0.134. The van der Waals surface area contributed by atoms with Crippen LogP contribution in [0.5, 0.6) is 0 Å². The van der Waals surface area contributed by atoms with Crippen molar-refractivity contribution in [3.05, 3.63) is 11.1 Å². The number of hydrogen-bond acceptors (Lipinski definition) is 4. The quantitative estimate of drug-likeness (QED) is 0.750. The largest absolute Gasteiger partial charge is 0.334 e. The van der Waals surface area contributed by atoms with Gasteiger partial charge in [-0.3, -0.25) is 9.59 Å². The van der Waals surface area contributed by atoms with Gasteiger partial charge in [0.1, 0.15) is 0 Å². The second-order valence-corrected chi connectivity index (χ2v) is 5.57. The van der Waals surface area contributed by atoms with Crippen LogP contribution in [0, 0.1) is 6.92 Å². The van der Waals surface area contributed by atoms with Gasteiger partial charge in [-0.2, -0.15) is 0 Å². The highest BCUT2D eigenvalue weighted by molar-refractivity contribution is 7.13. The van der Waals surface area contributed by atoms with Gasteiger partial charge in [0.2, 0.25) is 11.8 Å². The van der Waals surface area contributed by atoms with Crippen molar-refractivity contribution in [3.8, 4) is 0 Å². The van der Waals surface area contributed by atoms with E-state index in [4.69, 9.17) is 0 Å². The number of thiazole rings is 1. The Morgan fingerprint density at radius 2 is 2.10 bits per heavy atom. The van der Waals surface area contributed by atoms with Gasteiger partial charge in [-0.05, 0) is 20.3 Å². The Morgan fingerprint density at radius 1 is 1.35 bits per heavy atom. The maximum absolute atomic E-state index is 12.0. The minimum Gasteiger partial charge on any atom is -0.334 e. The van der Waals surface area contributed by atoms with Gasteiger partial charge < -0.3 is 10.2 Å². The van der Waals surface area contributed by atoms with E-state index in [1.54, 1.807) is 4.90 Å². The van der Waals surface area contributed by atoms with E-state index in [-0.39, 0.29) is 18.4 Å². The van der Waals surface area contributed by atoms with Gasteiger partial charge >= 0.3 is 0 Å². The van der Waals surface area contributed by atoms with E-state index in [1.807, 2.05) is 19.2 Å². The van der Waals surface area contributed by atoms with E-state index in [1.165, 1.54) is 11.3 Å². The molecule has 1 N–H and O–H groups in total. The molecule has 0 bridgehead atoms. The molecule has 1 aromatic rings. The molecule has 20 heavy (non-hydrogen) atoms. The number of nitrogens with zero attached hydrogens (tertiary/aromatic N) is 2. The summed E-state index contributed by atoms with van der Waals surface area (Å²) in [6.45, 7) is 6.52. The number of anilines is 1. The van der Waals surface area contributed by atoms with Gasteiger partial charge in [0.05, 0.1) is 12.2 Å². The molecule has 0 atom stereocenters. The molecule has 1 aromatic heterocycles. The molecular weight excluding hydrogens is 274 g/mol. The maximum atomic E-state index is 12.0. The third-order valence-corrected chi connectivity index (χ3v) is 3.80. The van der Waals surface area contributed by atoms with Crippen LogP contribution in [0.1, 0.15) is 45.2 Å². The Labute approximate surface area is 124 Å². The summed E-state index contributed by atoms with van der Waals surface area (Å²) in [4.78, 5) is 29.6. The van der Waals surface area contributed by atoms with E-state index >= 15 is 0 Å². The van der Waals surface area contributed by atoms with Crippen molar-refractivity contribution in [1.29, 1.82) is 0 Å². The number of likely N-dealkylation sites (N-methyl/N-ethyl adjacent to an activating group) is 1. The second kappa shape index (κ2) is 8.68. The number of rotatable bonds is 8. The van der Waals surface area contributed by atoms with E-state index in [0.717, 1.165) is 25.0 Å². The molecule has 0 spiro atoms. The summed E-state index contributed by atoms with van der Waals surface area (Å²) in [5, 5.41) is 5.19. The van der Waals surface area contributed by atoms with Crippen LogP contribution in [0.15, 0.2) is 5.38 Å². The van der Waals surface area contributed by atoms with Crippen LogP contribution in [0.2, 0.25) is 0 Å². The van der Waals surface area contributed by atoms with Crippen molar-refractivity contribution >= 4 is 28.3 Å². The van der Waals surface area contributed by atoms with Crippen LogP contribution in [0.4, 0.5) is 5.13 Å². The van der Waals surface area contributed by atoms with Gasteiger partial charge in [-0.1, -0.05) is 19.8 Å². The summed E-state index contributed by atoms with van der Waals surface area (Å²) in [6, 6.07) is 0. The molecule has 0 aliphatic carbocycles. The van der Waals surface area contributed by atoms with Gasteiger partial charge in [-0.25, -0.2) is 4.98 Å². The number of carbonyl (C=O) groups is 2. The van der Waals surface area contributed by atoms with Gasteiger partial charge in [-0.15, -0.1) is 11.3 Å². The minimum absolute atomic E-state index is 0.0476. The molecule has 0 aliphatic heterocycles. The highest BCUT2D eigenvalue weighted by Gasteiger charge is 2.15. The van der Waals surface area contributed by atoms with Crippen LogP contribution >= 0.6 is 11.3 Å².